The smallest absolute Gasteiger partial charge is 0.131 e. The standard InChI is InChI=1S/C13H10F2N/c14-10-7-4-8-11(15)12(10)13(16)9-5-2-1-3-6-9/h2-8,13H,16H2. The van der Waals surface area contributed by atoms with Crippen LogP contribution in [-0.2, 0) is 0 Å². The Morgan fingerprint density at radius 3 is 2.12 bits per heavy atom. The summed E-state index contributed by atoms with van der Waals surface area (Å²) in [4.78, 5) is 0. The quantitative estimate of drug-likeness (QED) is 0.824. The van der Waals surface area contributed by atoms with Crippen molar-refractivity contribution in [2.45, 2.75) is 6.04 Å². The minimum absolute atomic E-state index is 0.103. The lowest BCUT2D eigenvalue weighted by molar-refractivity contribution is 0.543. The van der Waals surface area contributed by atoms with Gasteiger partial charge >= 0.3 is 0 Å². The lowest BCUT2D eigenvalue weighted by atomic mass is 9.99. The van der Waals surface area contributed by atoms with Crippen molar-refractivity contribution in [1.82, 2.24) is 0 Å². The molecule has 0 heterocycles. The van der Waals surface area contributed by atoms with E-state index in [1.165, 1.54) is 18.2 Å². The molecule has 1 nitrogen and oxygen atoms in total. The molecule has 2 N–H and O–H groups in total. The number of benzene rings is 2. The minimum Gasteiger partial charge on any atom is -0.320 e. The molecule has 2 aromatic carbocycles. The van der Waals surface area contributed by atoms with Crippen LogP contribution in [-0.4, -0.2) is 0 Å². The topological polar surface area (TPSA) is 26.0 Å². The third-order valence-electron chi connectivity index (χ3n) is 2.41. The number of hydrogen-bond acceptors (Lipinski definition) is 1. The van der Waals surface area contributed by atoms with Gasteiger partial charge in [-0.25, -0.2) is 8.78 Å². The van der Waals surface area contributed by atoms with E-state index in [-0.39, 0.29) is 5.56 Å². The zero-order valence-electron chi connectivity index (χ0n) is 8.45. The Morgan fingerprint density at radius 1 is 1.00 bits per heavy atom. The first-order chi connectivity index (χ1) is 7.70. The molecule has 0 aliphatic heterocycles. The van der Waals surface area contributed by atoms with E-state index in [4.69, 9.17) is 5.73 Å². The Balaban J connectivity index is 2.46. The predicted octanol–water partition coefficient (Wildman–Crippen LogP) is 2.81. The lowest BCUT2D eigenvalue weighted by Crippen LogP contribution is -2.15. The monoisotopic (exact) mass is 218 g/mol. The second kappa shape index (κ2) is 4.41. The highest BCUT2D eigenvalue weighted by molar-refractivity contribution is 5.32. The molecule has 0 aliphatic rings. The van der Waals surface area contributed by atoms with Gasteiger partial charge in [-0.05, 0) is 23.8 Å². The molecule has 0 saturated heterocycles. The summed E-state index contributed by atoms with van der Waals surface area (Å²) < 4.78 is 26.9. The fourth-order valence-corrected chi connectivity index (χ4v) is 1.58. The van der Waals surface area contributed by atoms with Gasteiger partial charge in [-0.3, -0.25) is 0 Å². The maximum Gasteiger partial charge on any atom is 0.131 e. The molecule has 16 heavy (non-hydrogen) atoms. The van der Waals surface area contributed by atoms with E-state index in [1.54, 1.807) is 24.3 Å². The Labute approximate surface area is 92.5 Å². The molecule has 0 aliphatic carbocycles. The van der Waals surface area contributed by atoms with Crippen molar-refractivity contribution in [2.75, 3.05) is 0 Å². The molecule has 1 unspecified atom stereocenters. The first-order valence-electron chi connectivity index (χ1n) is 4.85. The third-order valence-corrected chi connectivity index (χ3v) is 2.41. The highest BCUT2D eigenvalue weighted by atomic mass is 19.1. The first-order valence-corrected chi connectivity index (χ1v) is 4.85. The highest BCUT2D eigenvalue weighted by Gasteiger charge is 2.17. The van der Waals surface area contributed by atoms with Gasteiger partial charge in [0, 0.05) is 5.56 Å². The molecule has 1 radical (unpaired) electrons. The average Bonchev–Trinajstić information content (AvgIpc) is 2.30. The zero-order valence-corrected chi connectivity index (χ0v) is 8.45. The van der Waals surface area contributed by atoms with Crippen LogP contribution < -0.4 is 5.73 Å². The van der Waals surface area contributed by atoms with Gasteiger partial charge in [-0.2, -0.15) is 0 Å². The van der Waals surface area contributed by atoms with Crippen molar-refractivity contribution >= 4 is 0 Å². The van der Waals surface area contributed by atoms with Gasteiger partial charge in [0.2, 0.25) is 0 Å². The van der Waals surface area contributed by atoms with Crippen molar-refractivity contribution in [3.05, 3.63) is 71.3 Å². The van der Waals surface area contributed by atoms with Crippen LogP contribution in [0.5, 0.6) is 0 Å². The molecule has 0 fully saturated rings. The van der Waals surface area contributed by atoms with Gasteiger partial charge in [-0.15, -0.1) is 0 Å². The number of hydrogen-bond donors (Lipinski definition) is 1. The summed E-state index contributed by atoms with van der Waals surface area (Å²) >= 11 is 0. The predicted molar refractivity (Wildman–Crippen MR) is 57.7 cm³/mol. The van der Waals surface area contributed by atoms with E-state index in [2.05, 4.69) is 6.07 Å². The van der Waals surface area contributed by atoms with Gasteiger partial charge in [-0.1, -0.05) is 30.3 Å². The van der Waals surface area contributed by atoms with Crippen LogP contribution >= 0.6 is 0 Å². The largest absolute Gasteiger partial charge is 0.320 e. The van der Waals surface area contributed by atoms with Gasteiger partial charge in [0.25, 0.3) is 0 Å². The van der Waals surface area contributed by atoms with Crippen molar-refractivity contribution in [1.29, 1.82) is 0 Å². The zero-order chi connectivity index (χ0) is 11.5. The molecule has 0 bridgehead atoms. The molecule has 3 heteroatoms. The Bertz CT molecular complexity index is 462. The van der Waals surface area contributed by atoms with Crippen molar-refractivity contribution < 1.29 is 8.78 Å². The van der Waals surface area contributed by atoms with Crippen LogP contribution in [0.3, 0.4) is 0 Å². The van der Waals surface area contributed by atoms with E-state index < -0.39 is 17.7 Å². The van der Waals surface area contributed by atoms with Crippen molar-refractivity contribution in [2.24, 2.45) is 5.73 Å². The van der Waals surface area contributed by atoms with Crippen molar-refractivity contribution in [3.63, 3.8) is 0 Å². The number of halogens is 2. The maximum absolute atomic E-state index is 13.5. The fourth-order valence-electron chi connectivity index (χ4n) is 1.58. The minimum atomic E-state index is -0.796. The van der Waals surface area contributed by atoms with E-state index in [1.807, 2.05) is 0 Å². The highest BCUT2D eigenvalue weighted by Crippen LogP contribution is 2.24. The molecule has 0 aromatic heterocycles. The fraction of sp³-hybridized carbons (Fsp3) is 0.0769. The summed E-state index contributed by atoms with van der Waals surface area (Å²) in [5.74, 6) is -1.25. The normalized spacial score (nSPS) is 12.4. The summed E-state index contributed by atoms with van der Waals surface area (Å²) in [5, 5.41) is 0. The maximum atomic E-state index is 13.5. The van der Waals surface area contributed by atoms with Gasteiger partial charge in [0.15, 0.2) is 0 Å². The lowest BCUT2D eigenvalue weighted by Gasteiger charge is -2.13. The van der Waals surface area contributed by atoms with Crippen LogP contribution in [0.2, 0.25) is 0 Å². The molecule has 0 amide bonds. The van der Waals surface area contributed by atoms with E-state index in [9.17, 15) is 8.78 Å². The SMILES string of the molecule is NC(c1cc[c]cc1)c1c(F)cccc1F. The Hall–Kier alpha value is -1.74. The van der Waals surface area contributed by atoms with Gasteiger partial charge in [0.05, 0.1) is 6.04 Å². The Morgan fingerprint density at radius 2 is 1.56 bits per heavy atom. The van der Waals surface area contributed by atoms with Crippen LogP contribution in [0.15, 0.2) is 42.5 Å². The van der Waals surface area contributed by atoms with Crippen molar-refractivity contribution in [3.8, 4) is 0 Å². The van der Waals surface area contributed by atoms with Crippen LogP contribution in [0, 0.1) is 17.7 Å². The molecule has 2 aromatic rings. The second-order valence-corrected chi connectivity index (χ2v) is 3.45. The summed E-state index contributed by atoms with van der Waals surface area (Å²) in [5.41, 5.74) is 6.38. The Kier molecular flexibility index (Phi) is 2.97. The summed E-state index contributed by atoms with van der Waals surface area (Å²) in [6.07, 6.45) is 0. The molecular formula is C13H10F2N. The molecule has 2 rings (SSSR count). The van der Waals surface area contributed by atoms with Gasteiger partial charge < -0.3 is 5.73 Å². The van der Waals surface area contributed by atoms with E-state index in [0.717, 1.165) is 0 Å². The molecule has 0 spiro atoms. The van der Waals surface area contributed by atoms with E-state index >= 15 is 0 Å². The molecule has 81 valence electrons. The van der Waals surface area contributed by atoms with Crippen LogP contribution in [0.1, 0.15) is 17.2 Å². The summed E-state index contributed by atoms with van der Waals surface area (Å²) in [6.45, 7) is 0. The molecule has 1 atom stereocenters. The molecular weight excluding hydrogens is 208 g/mol. The third kappa shape index (κ3) is 1.95. The summed E-state index contributed by atoms with van der Waals surface area (Å²) in [7, 11) is 0. The van der Waals surface area contributed by atoms with E-state index in [0.29, 0.717) is 5.56 Å². The number of rotatable bonds is 2. The molecule has 0 saturated carbocycles. The average molecular weight is 218 g/mol. The van der Waals surface area contributed by atoms with Crippen LogP contribution in [0.25, 0.3) is 0 Å². The second-order valence-electron chi connectivity index (χ2n) is 3.45. The van der Waals surface area contributed by atoms with Crippen LogP contribution in [0.4, 0.5) is 8.78 Å². The van der Waals surface area contributed by atoms with Gasteiger partial charge in [0.1, 0.15) is 11.6 Å². The summed E-state index contributed by atoms with van der Waals surface area (Å²) in [6, 6.07) is 12.5. The first kappa shape index (κ1) is 10.8. The number of nitrogens with two attached hydrogens (primary N) is 1.